The summed E-state index contributed by atoms with van der Waals surface area (Å²) in [6.07, 6.45) is 1.09. The number of fused-ring (bicyclic) bond motifs is 1. The van der Waals surface area contributed by atoms with Crippen LogP contribution < -0.4 is 5.32 Å². The van der Waals surface area contributed by atoms with Crippen molar-refractivity contribution in [3.63, 3.8) is 0 Å². The zero-order chi connectivity index (χ0) is 14.1. The van der Waals surface area contributed by atoms with Crippen molar-refractivity contribution in [1.29, 1.82) is 0 Å². The second kappa shape index (κ2) is 5.25. The molecular weight excluding hydrogens is 277 g/mol. The first-order valence-electron chi connectivity index (χ1n) is 6.47. The van der Waals surface area contributed by atoms with E-state index in [1.165, 1.54) is 23.8 Å². The Morgan fingerprint density at radius 2 is 2.10 bits per heavy atom. The molecule has 0 saturated heterocycles. The number of ketones is 1. The summed E-state index contributed by atoms with van der Waals surface area (Å²) in [4.78, 5) is 12.3. The van der Waals surface area contributed by atoms with E-state index in [1.54, 1.807) is 0 Å². The standard InChI is InChI=1S/C16H13ClFNO/c17-14-4-3-13(18)7-12(14)9-16(20)11-2-1-10-5-6-19-15(10)8-11/h1-4,7-8,19H,5-6,9H2. The highest BCUT2D eigenvalue weighted by molar-refractivity contribution is 6.31. The maximum atomic E-state index is 13.2. The maximum absolute atomic E-state index is 13.2. The third kappa shape index (κ3) is 2.54. The van der Waals surface area contributed by atoms with Crippen LogP contribution in [0.3, 0.4) is 0 Å². The Hall–Kier alpha value is -1.87. The first kappa shape index (κ1) is 13.1. The molecule has 0 saturated carbocycles. The van der Waals surface area contributed by atoms with Gasteiger partial charge in [-0.3, -0.25) is 4.79 Å². The molecule has 2 nitrogen and oxygen atoms in total. The van der Waals surface area contributed by atoms with Crippen LogP contribution in [0.15, 0.2) is 36.4 Å². The molecule has 0 radical (unpaired) electrons. The molecule has 1 aliphatic rings. The lowest BCUT2D eigenvalue weighted by atomic mass is 10.0. The van der Waals surface area contributed by atoms with Gasteiger partial charge in [-0.1, -0.05) is 23.7 Å². The second-order valence-corrected chi connectivity index (χ2v) is 5.29. The molecular formula is C16H13ClFNO. The summed E-state index contributed by atoms with van der Waals surface area (Å²) in [5.41, 5.74) is 3.38. The predicted molar refractivity (Wildman–Crippen MR) is 78.1 cm³/mol. The third-order valence-corrected chi connectivity index (χ3v) is 3.87. The Labute approximate surface area is 121 Å². The summed E-state index contributed by atoms with van der Waals surface area (Å²) in [5.74, 6) is -0.443. The van der Waals surface area contributed by atoms with E-state index in [0.29, 0.717) is 16.1 Å². The number of hydrogen-bond acceptors (Lipinski definition) is 2. The number of halogens is 2. The van der Waals surface area contributed by atoms with Crippen LogP contribution >= 0.6 is 11.6 Å². The van der Waals surface area contributed by atoms with Gasteiger partial charge >= 0.3 is 0 Å². The topological polar surface area (TPSA) is 29.1 Å². The average Bonchev–Trinajstić information content (AvgIpc) is 2.90. The number of anilines is 1. The summed E-state index contributed by atoms with van der Waals surface area (Å²) in [6.45, 7) is 0.905. The first-order chi connectivity index (χ1) is 9.63. The molecule has 0 aliphatic carbocycles. The Bertz CT molecular complexity index is 684. The van der Waals surface area contributed by atoms with E-state index in [0.717, 1.165) is 18.7 Å². The molecule has 0 aromatic heterocycles. The van der Waals surface area contributed by atoms with Crippen molar-refractivity contribution in [3.05, 3.63) is 63.9 Å². The van der Waals surface area contributed by atoms with Crippen LogP contribution in [-0.2, 0) is 12.8 Å². The molecule has 2 aromatic rings. The molecule has 1 N–H and O–H groups in total. The van der Waals surface area contributed by atoms with E-state index < -0.39 is 0 Å². The minimum atomic E-state index is -0.382. The third-order valence-electron chi connectivity index (χ3n) is 3.50. The van der Waals surface area contributed by atoms with Crippen molar-refractivity contribution >= 4 is 23.1 Å². The van der Waals surface area contributed by atoms with Gasteiger partial charge in [-0.25, -0.2) is 4.39 Å². The first-order valence-corrected chi connectivity index (χ1v) is 6.85. The largest absolute Gasteiger partial charge is 0.384 e. The summed E-state index contributed by atoms with van der Waals surface area (Å²) < 4.78 is 13.2. The van der Waals surface area contributed by atoms with Gasteiger partial charge in [0.05, 0.1) is 0 Å². The SMILES string of the molecule is O=C(Cc1cc(F)ccc1Cl)c1ccc2c(c1)NCC2. The summed E-state index contributed by atoms with van der Waals surface area (Å²) >= 11 is 5.99. The zero-order valence-corrected chi connectivity index (χ0v) is 11.5. The minimum absolute atomic E-state index is 0.0611. The van der Waals surface area contributed by atoms with Gasteiger partial charge in [0.15, 0.2) is 5.78 Å². The van der Waals surface area contributed by atoms with Crippen molar-refractivity contribution in [1.82, 2.24) is 0 Å². The van der Waals surface area contributed by atoms with Gasteiger partial charge in [-0.05, 0) is 41.8 Å². The monoisotopic (exact) mass is 289 g/mol. The van der Waals surface area contributed by atoms with Crippen LogP contribution in [-0.4, -0.2) is 12.3 Å². The molecule has 4 heteroatoms. The van der Waals surface area contributed by atoms with Gasteiger partial charge in [0.2, 0.25) is 0 Å². The normalized spacial score (nSPS) is 12.9. The molecule has 20 heavy (non-hydrogen) atoms. The van der Waals surface area contributed by atoms with Crippen LogP contribution in [0.2, 0.25) is 5.02 Å². The van der Waals surface area contributed by atoms with Crippen LogP contribution in [0.1, 0.15) is 21.5 Å². The fraction of sp³-hybridized carbons (Fsp3) is 0.188. The van der Waals surface area contributed by atoms with Crippen molar-refractivity contribution in [2.45, 2.75) is 12.8 Å². The highest BCUT2D eigenvalue weighted by Crippen LogP contribution is 2.25. The Kier molecular flexibility index (Phi) is 3.45. The molecule has 2 aromatic carbocycles. The van der Waals surface area contributed by atoms with E-state index in [4.69, 9.17) is 11.6 Å². The average molecular weight is 290 g/mol. The van der Waals surface area contributed by atoms with Gasteiger partial charge in [-0.15, -0.1) is 0 Å². The van der Waals surface area contributed by atoms with E-state index in [-0.39, 0.29) is 18.0 Å². The van der Waals surface area contributed by atoms with E-state index in [1.807, 2.05) is 18.2 Å². The molecule has 0 unspecified atom stereocenters. The minimum Gasteiger partial charge on any atom is -0.384 e. The van der Waals surface area contributed by atoms with Crippen molar-refractivity contribution in [3.8, 4) is 0 Å². The predicted octanol–water partition coefficient (Wildman–Crippen LogP) is 3.87. The lowest BCUT2D eigenvalue weighted by Crippen LogP contribution is -2.05. The number of hydrogen-bond donors (Lipinski definition) is 1. The highest BCUT2D eigenvalue weighted by atomic mass is 35.5. The number of rotatable bonds is 3. The van der Waals surface area contributed by atoms with Crippen molar-refractivity contribution < 1.29 is 9.18 Å². The van der Waals surface area contributed by atoms with Gasteiger partial charge < -0.3 is 5.32 Å². The molecule has 3 rings (SSSR count). The quantitative estimate of drug-likeness (QED) is 0.869. The second-order valence-electron chi connectivity index (χ2n) is 4.88. The number of carbonyl (C=O) groups excluding carboxylic acids is 1. The molecule has 102 valence electrons. The highest BCUT2D eigenvalue weighted by Gasteiger charge is 2.15. The lowest BCUT2D eigenvalue weighted by Gasteiger charge is -2.06. The summed E-state index contributed by atoms with van der Waals surface area (Å²) in [6, 6.07) is 9.72. The molecule has 1 heterocycles. The fourth-order valence-electron chi connectivity index (χ4n) is 2.42. The van der Waals surface area contributed by atoms with Crippen LogP contribution in [0.25, 0.3) is 0 Å². The summed E-state index contributed by atoms with van der Waals surface area (Å²) in [7, 11) is 0. The Morgan fingerprint density at radius 1 is 1.25 bits per heavy atom. The molecule has 0 atom stereocenters. The zero-order valence-electron chi connectivity index (χ0n) is 10.7. The Balaban J connectivity index is 1.84. The number of Topliss-reactive ketones (excluding diaryl/α,β-unsaturated/α-hetero) is 1. The van der Waals surface area contributed by atoms with Crippen LogP contribution in [0.5, 0.6) is 0 Å². The van der Waals surface area contributed by atoms with E-state index in [9.17, 15) is 9.18 Å². The van der Waals surface area contributed by atoms with Gasteiger partial charge in [0.1, 0.15) is 5.82 Å². The van der Waals surface area contributed by atoms with E-state index >= 15 is 0 Å². The number of carbonyl (C=O) groups is 1. The fourth-order valence-corrected chi connectivity index (χ4v) is 2.60. The molecule has 0 spiro atoms. The van der Waals surface area contributed by atoms with Gasteiger partial charge in [0, 0.05) is 29.2 Å². The molecule has 1 aliphatic heterocycles. The lowest BCUT2D eigenvalue weighted by molar-refractivity contribution is 0.0993. The smallest absolute Gasteiger partial charge is 0.167 e. The van der Waals surface area contributed by atoms with E-state index in [2.05, 4.69) is 5.32 Å². The number of benzene rings is 2. The Morgan fingerprint density at radius 3 is 2.95 bits per heavy atom. The van der Waals surface area contributed by atoms with Gasteiger partial charge in [0.25, 0.3) is 0 Å². The van der Waals surface area contributed by atoms with Crippen molar-refractivity contribution in [2.75, 3.05) is 11.9 Å². The maximum Gasteiger partial charge on any atom is 0.167 e. The number of nitrogens with one attached hydrogen (secondary N) is 1. The molecule has 0 amide bonds. The van der Waals surface area contributed by atoms with Crippen LogP contribution in [0.4, 0.5) is 10.1 Å². The van der Waals surface area contributed by atoms with Gasteiger partial charge in [-0.2, -0.15) is 0 Å². The molecule has 0 bridgehead atoms. The van der Waals surface area contributed by atoms with Crippen molar-refractivity contribution in [2.24, 2.45) is 0 Å². The van der Waals surface area contributed by atoms with Crippen LogP contribution in [0, 0.1) is 5.82 Å². The summed E-state index contributed by atoms with van der Waals surface area (Å²) in [5, 5.41) is 3.66. The molecule has 0 fully saturated rings.